The lowest BCUT2D eigenvalue weighted by molar-refractivity contribution is 0.277. The number of aryl methyl sites for hydroxylation is 1. The lowest BCUT2D eigenvalue weighted by Crippen LogP contribution is -2.23. The molecule has 3 rings (SSSR count). The average Bonchev–Trinajstić information content (AvgIpc) is 2.61. The Bertz CT molecular complexity index is 933. The molecule has 0 bridgehead atoms. The normalized spacial score (nSPS) is 20.2. The lowest BCUT2D eigenvalue weighted by atomic mass is 9.86. The van der Waals surface area contributed by atoms with Gasteiger partial charge in [0, 0.05) is 24.4 Å². The van der Waals surface area contributed by atoms with Crippen LogP contribution in [0.15, 0.2) is 33.9 Å². The van der Waals surface area contributed by atoms with Crippen LogP contribution in [0.1, 0.15) is 48.7 Å². The van der Waals surface area contributed by atoms with Crippen molar-refractivity contribution in [3.8, 4) is 11.8 Å². The summed E-state index contributed by atoms with van der Waals surface area (Å²) in [6.07, 6.45) is 0.810. The average molecular weight is 408 g/mol. The van der Waals surface area contributed by atoms with Crippen LogP contribution in [0.25, 0.3) is 0 Å². The molecule has 4 nitrogen and oxygen atoms in total. The van der Waals surface area contributed by atoms with E-state index in [0.717, 1.165) is 0 Å². The molecule has 0 saturated heterocycles. The van der Waals surface area contributed by atoms with Gasteiger partial charge in [-0.1, -0.05) is 6.07 Å². The first-order valence-corrected chi connectivity index (χ1v) is 8.74. The van der Waals surface area contributed by atoms with Crippen LogP contribution in [0, 0.1) is 17.1 Å². The molecule has 1 N–H and O–H groups in total. The predicted octanol–water partition coefficient (Wildman–Crippen LogP) is 4.43. The van der Waals surface area contributed by atoms with Gasteiger partial charge in [0.1, 0.15) is 18.1 Å². The number of hydrogen-bond donors (Lipinski definition) is 1. The van der Waals surface area contributed by atoms with E-state index in [2.05, 4.69) is 20.9 Å². The molecular formula is C18H16BrF2N3O. The van der Waals surface area contributed by atoms with Crippen LogP contribution in [0.4, 0.5) is 8.78 Å². The van der Waals surface area contributed by atoms with Gasteiger partial charge in [-0.3, -0.25) is 4.99 Å². The first kappa shape index (κ1) is 17.6. The maximum atomic E-state index is 14.4. The highest BCUT2D eigenvalue weighted by molar-refractivity contribution is 9.10. The Morgan fingerprint density at radius 2 is 2.20 bits per heavy atom. The van der Waals surface area contributed by atoms with E-state index in [1.807, 2.05) is 13.0 Å². The van der Waals surface area contributed by atoms with E-state index < -0.39 is 18.0 Å². The summed E-state index contributed by atoms with van der Waals surface area (Å²) in [6.45, 7) is 2.37. The monoisotopic (exact) mass is 407 g/mol. The summed E-state index contributed by atoms with van der Waals surface area (Å²) in [7, 11) is 0. The van der Waals surface area contributed by atoms with E-state index in [0.29, 0.717) is 29.6 Å². The summed E-state index contributed by atoms with van der Waals surface area (Å²) < 4.78 is 30.5. The van der Waals surface area contributed by atoms with Gasteiger partial charge in [0.2, 0.25) is 0 Å². The maximum Gasteiger partial charge on any atom is 0.171 e. The summed E-state index contributed by atoms with van der Waals surface area (Å²) in [5.74, 6) is -0.722. The molecule has 25 heavy (non-hydrogen) atoms. The Balaban J connectivity index is 2.18. The molecule has 1 heterocycles. The molecule has 130 valence electrons. The smallest absolute Gasteiger partial charge is 0.171 e. The number of nitrogens with zero attached hydrogens (tertiary/aromatic N) is 3. The molecule has 0 spiro atoms. The fourth-order valence-electron chi connectivity index (χ4n) is 3.14. The van der Waals surface area contributed by atoms with Crippen molar-refractivity contribution in [3.63, 3.8) is 0 Å². The Morgan fingerprint density at radius 3 is 2.88 bits per heavy atom. The Labute approximate surface area is 152 Å². The van der Waals surface area contributed by atoms with Crippen molar-refractivity contribution in [2.24, 2.45) is 4.99 Å². The Morgan fingerprint density at radius 1 is 1.44 bits per heavy atom. The molecule has 1 aliphatic rings. The van der Waals surface area contributed by atoms with Gasteiger partial charge in [0.25, 0.3) is 0 Å². The lowest BCUT2D eigenvalue weighted by Gasteiger charge is -2.26. The predicted molar refractivity (Wildman–Crippen MR) is 92.0 cm³/mol. The number of benzene rings is 1. The number of rotatable bonds is 2. The first-order valence-electron chi connectivity index (χ1n) is 7.95. The molecule has 0 aliphatic heterocycles. The first-order chi connectivity index (χ1) is 12.0. The Hall–Kier alpha value is -2.20. The minimum Gasteiger partial charge on any atom is -0.504 e. The molecule has 1 aliphatic carbocycles. The van der Waals surface area contributed by atoms with Crippen molar-refractivity contribution in [1.82, 2.24) is 4.57 Å². The fraction of sp³-hybridized carbons (Fsp3) is 0.333. The third kappa shape index (κ3) is 3.19. The van der Waals surface area contributed by atoms with E-state index in [1.165, 1.54) is 6.07 Å². The van der Waals surface area contributed by atoms with E-state index >= 15 is 0 Å². The molecule has 0 fully saturated rings. The highest BCUT2D eigenvalue weighted by Crippen LogP contribution is 2.43. The van der Waals surface area contributed by atoms with E-state index in [1.54, 1.807) is 22.9 Å². The van der Waals surface area contributed by atoms with Gasteiger partial charge >= 0.3 is 0 Å². The number of fused-ring (bicyclic) bond motifs is 1. The number of alkyl halides is 1. The quantitative estimate of drug-likeness (QED) is 0.799. The molecular weight excluding hydrogens is 392 g/mol. The molecule has 7 heteroatoms. The highest BCUT2D eigenvalue weighted by Gasteiger charge is 2.30. The van der Waals surface area contributed by atoms with Crippen LogP contribution < -0.4 is 5.49 Å². The number of aromatic nitrogens is 1. The summed E-state index contributed by atoms with van der Waals surface area (Å²) in [4.78, 5) is 4.57. The van der Waals surface area contributed by atoms with Gasteiger partial charge in [-0.05, 0) is 47.3 Å². The number of hydrogen-bond acceptors (Lipinski definition) is 3. The summed E-state index contributed by atoms with van der Waals surface area (Å²) in [6, 6.07) is 6.08. The van der Waals surface area contributed by atoms with Crippen molar-refractivity contribution in [3.05, 3.63) is 56.9 Å². The van der Waals surface area contributed by atoms with Gasteiger partial charge in [-0.2, -0.15) is 5.26 Å². The van der Waals surface area contributed by atoms with Crippen molar-refractivity contribution < 1.29 is 13.9 Å². The molecule has 2 atom stereocenters. The fourth-order valence-corrected chi connectivity index (χ4v) is 3.49. The third-order valence-corrected chi connectivity index (χ3v) is 4.98. The zero-order valence-corrected chi connectivity index (χ0v) is 15.1. The van der Waals surface area contributed by atoms with Crippen LogP contribution in [-0.4, -0.2) is 9.67 Å². The highest BCUT2D eigenvalue weighted by atomic mass is 79.9. The summed E-state index contributed by atoms with van der Waals surface area (Å²) in [5.41, 5.74) is 1.15. The van der Waals surface area contributed by atoms with Gasteiger partial charge in [-0.15, -0.1) is 0 Å². The maximum absolute atomic E-state index is 14.4. The summed E-state index contributed by atoms with van der Waals surface area (Å²) >= 11 is 3.09. The van der Waals surface area contributed by atoms with Crippen LogP contribution in [0.3, 0.4) is 0 Å². The SMILES string of the molecule is CCn1cc(C#N)cc(O)c1=NC1CCC(F)c2c1ccc(Br)c2F. The molecule has 0 radical (unpaired) electrons. The van der Waals surface area contributed by atoms with Crippen molar-refractivity contribution in [2.45, 2.75) is 38.5 Å². The second kappa shape index (κ2) is 6.96. The number of aromatic hydroxyl groups is 1. The minimum absolute atomic E-state index is 0.0329. The van der Waals surface area contributed by atoms with Crippen LogP contribution >= 0.6 is 15.9 Å². The number of pyridine rings is 1. The molecule has 1 aromatic carbocycles. The summed E-state index contributed by atoms with van der Waals surface area (Å²) in [5, 5.41) is 19.3. The molecule has 0 amide bonds. The molecule has 2 aromatic rings. The van der Waals surface area contributed by atoms with E-state index in [9.17, 15) is 13.9 Å². The second-order valence-corrected chi connectivity index (χ2v) is 6.74. The van der Waals surface area contributed by atoms with Crippen LogP contribution in [0.5, 0.6) is 5.75 Å². The van der Waals surface area contributed by atoms with E-state index in [4.69, 9.17) is 5.26 Å². The zero-order valence-electron chi connectivity index (χ0n) is 13.5. The third-order valence-electron chi connectivity index (χ3n) is 4.37. The van der Waals surface area contributed by atoms with Crippen molar-refractivity contribution in [1.29, 1.82) is 5.26 Å². The second-order valence-electron chi connectivity index (χ2n) is 5.89. The largest absolute Gasteiger partial charge is 0.504 e. The molecule has 2 unspecified atom stereocenters. The van der Waals surface area contributed by atoms with E-state index in [-0.39, 0.29) is 22.2 Å². The molecule has 1 aromatic heterocycles. The van der Waals surface area contributed by atoms with Gasteiger partial charge in [0.05, 0.1) is 16.1 Å². The van der Waals surface area contributed by atoms with Gasteiger partial charge in [-0.25, -0.2) is 8.78 Å². The zero-order chi connectivity index (χ0) is 18.1. The van der Waals surface area contributed by atoms with Crippen molar-refractivity contribution >= 4 is 15.9 Å². The van der Waals surface area contributed by atoms with Gasteiger partial charge < -0.3 is 9.67 Å². The van der Waals surface area contributed by atoms with Crippen LogP contribution in [-0.2, 0) is 6.54 Å². The van der Waals surface area contributed by atoms with Gasteiger partial charge in [0.15, 0.2) is 11.2 Å². The number of nitriles is 1. The number of halogens is 3. The topological polar surface area (TPSA) is 61.3 Å². The Kier molecular flexibility index (Phi) is 4.91. The van der Waals surface area contributed by atoms with Crippen LogP contribution in [0.2, 0.25) is 0 Å². The minimum atomic E-state index is -1.37. The molecule has 0 saturated carbocycles. The van der Waals surface area contributed by atoms with Crippen molar-refractivity contribution in [2.75, 3.05) is 0 Å². The standard InChI is InChI=1S/C18H16BrF2N3O/c1-2-24-9-10(8-22)7-15(25)18(24)23-14-6-5-13(20)16-11(14)3-4-12(19)17(16)21/h3-4,7,9,13-14,25H,2,5-6H2,1H3.